The maximum atomic E-state index is 13.1. The summed E-state index contributed by atoms with van der Waals surface area (Å²) in [6.45, 7) is 3.70. The van der Waals surface area contributed by atoms with Crippen molar-refractivity contribution in [1.29, 1.82) is 0 Å². The number of benzene rings is 2. The fourth-order valence-corrected chi connectivity index (χ4v) is 5.62. The van der Waals surface area contributed by atoms with Gasteiger partial charge in [0.1, 0.15) is 0 Å². The van der Waals surface area contributed by atoms with Crippen LogP contribution in [0.25, 0.3) is 0 Å². The molecule has 0 bridgehead atoms. The average Bonchev–Trinajstić information content (AvgIpc) is 3.41. The number of rotatable bonds is 9. The first kappa shape index (κ1) is 30.4. The van der Waals surface area contributed by atoms with Crippen molar-refractivity contribution in [2.75, 3.05) is 24.6 Å². The maximum Gasteiger partial charge on any atom is 0.421 e. The zero-order valence-electron chi connectivity index (χ0n) is 21.7. The highest BCUT2D eigenvalue weighted by Crippen LogP contribution is 2.38. The highest BCUT2D eigenvalue weighted by Gasteiger charge is 2.56. The van der Waals surface area contributed by atoms with E-state index in [1.807, 2.05) is 0 Å². The van der Waals surface area contributed by atoms with Crippen LogP contribution in [0.3, 0.4) is 0 Å². The molecule has 4 rings (SSSR count). The van der Waals surface area contributed by atoms with E-state index in [1.54, 1.807) is 42.2 Å². The highest BCUT2D eigenvalue weighted by atomic mass is 35.5. The quantitative estimate of drug-likeness (QED) is 0.269. The Morgan fingerprint density at radius 3 is 2.38 bits per heavy atom. The van der Waals surface area contributed by atoms with Crippen molar-refractivity contribution in [3.8, 4) is 0 Å². The van der Waals surface area contributed by atoms with Gasteiger partial charge in [-0.3, -0.25) is 9.59 Å². The third kappa shape index (κ3) is 6.50. The molecule has 2 heterocycles. The molecule has 40 heavy (non-hydrogen) atoms. The first-order valence-corrected chi connectivity index (χ1v) is 14.0. The minimum absolute atomic E-state index is 0.0228. The number of hydrogen-bond acceptors (Lipinski definition) is 8. The molecule has 0 radical (unpaired) electrons. The Balaban J connectivity index is 1.56. The molecular weight excluding hydrogens is 606 g/mol. The number of ether oxygens (including phenoxy) is 3. The summed E-state index contributed by atoms with van der Waals surface area (Å²) in [7, 11) is 0. The van der Waals surface area contributed by atoms with Gasteiger partial charge in [-0.15, -0.1) is 0 Å². The molecule has 0 N–H and O–H groups in total. The molecule has 2 saturated heterocycles. The summed E-state index contributed by atoms with van der Waals surface area (Å²) in [5.74, 6) is -4.46. The molecule has 0 aliphatic carbocycles. The molecule has 0 aromatic heterocycles. The lowest BCUT2D eigenvalue weighted by Gasteiger charge is -2.38. The molecule has 214 valence electrons. The fourth-order valence-electron chi connectivity index (χ4n) is 4.94. The second-order valence-corrected chi connectivity index (χ2v) is 11.1. The van der Waals surface area contributed by atoms with E-state index in [9.17, 15) is 19.2 Å². The Hall–Kier alpha value is -2.56. The van der Waals surface area contributed by atoms with E-state index in [4.69, 9.17) is 60.6 Å². The van der Waals surface area contributed by atoms with E-state index in [1.165, 1.54) is 11.8 Å². The Morgan fingerprint density at radius 1 is 1.05 bits per heavy atom. The van der Waals surface area contributed by atoms with Crippen molar-refractivity contribution in [2.45, 2.75) is 51.5 Å². The van der Waals surface area contributed by atoms with Crippen molar-refractivity contribution in [3.05, 3.63) is 61.5 Å². The molecule has 1 atom stereocenters. The third-order valence-corrected chi connectivity index (χ3v) is 8.46. The summed E-state index contributed by atoms with van der Waals surface area (Å²) < 4.78 is 16.2. The Labute approximate surface area is 251 Å². The molecule has 2 aliphatic rings. The Morgan fingerprint density at radius 2 is 1.73 bits per heavy atom. The molecule has 13 heteroatoms. The molecule has 2 fully saturated rings. The largest absolute Gasteiger partial charge is 0.465 e. The van der Waals surface area contributed by atoms with Gasteiger partial charge in [0.05, 0.1) is 39.2 Å². The minimum Gasteiger partial charge on any atom is -0.465 e. The molecule has 2 aromatic carbocycles. The molecule has 1 amide bonds. The molecular formula is C27H26Cl4N2O7. The van der Waals surface area contributed by atoms with Gasteiger partial charge in [-0.1, -0.05) is 52.5 Å². The molecule has 0 unspecified atom stereocenters. The van der Waals surface area contributed by atoms with Crippen molar-refractivity contribution in [1.82, 2.24) is 4.90 Å². The smallest absolute Gasteiger partial charge is 0.421 e. The Kier molecular flexibility index (Phi) is 9.52. The van der Waals surface area contributed by atoms with Gasteiger partial charge in [0.2, 0.25) is 5.91 Å². The average molecular weight is 632 g/mol. The van der Waals surface area contributed by atoms with E-state index in [-0.39, 0.29) is 31.9 Å². The van der Waals surface area contributed by atoms with E-state index in [2.05, 4.69) is 0 Å². The van der Waals surface area contributed by atoms with E-state index >= 15 is 0 Å². The lowest BCUT2D eigenvalue weighted by molar-refractivity contribution is -0.235. The third-order valence-electron chi connectivity index (χ3n) is 6.83. The number of carbonyl (C=O) groups excluding carboxylic acids is 4. The van der Waals surface area contributed by atoms with Crippen LogP contribution >= 0.6 is 46.4 Å². The molecule has 9 nitrogen and oxygen atoms in total. The van der Waals surface area contributed by atoms with Crippen molar-refractivity contribution < 1.29 is 33.4 Å². The van der Waals surface area contributed by atoms with Gasteiger partial charge in [-0.05, 0) is 48.7 Å². The van der Waals surface area contributed by atoms with Gasteiger partial charge >= 0.3 is 23.8 Å². The van der Waals surface area contributed by atoms with Crippen LogP contribution in [0.4, 0.5) is 5.69 Å². The van der Waals surface area contributed by atoms with Gasteiger partial charge in [-0.25, -0.2) is 14.5 Å². The van der Waals surface area contributed by atoms with E-state index in [0.717, 1.165) is 0 Å². The van der Waals surface area contributed by atoms with Crippen LogP contribution in [0.2, 0.25) is 20.1 Å². The fraction of sp³-hybridized carbons (Fsp3) is 0.407. The van der Waals surface area contributed by atoms with Crippen molar-refractivity contribution in [3.63, 3.8) is 0 Å². The molecule has 2 aromatic rings. The number of nitrogens with zero attached hydrogens (tertiary/aromatic N) is 2. The van der Waals surface area contributed by atoms with Crippen molar-refractivity contribution >= 4 is 75.9 Å². The van der Waals surface area contributed by atoms with Gasteiger partial charge < -0.3 is 19.1 Å². The van der Waals surface area contributed by atoms with Crippen LogP contribution in [0.15, 0.2) is 30.3 Å². The molecule has 0 saturated carbocycles. The van der Waals surface area contributed by atoms with Crippen LogP contribution in [-0.2, 0) is 39.8 Å². The van der Waals surface area contributed by atoms with Crippen LogP contribution in [-0.4, -0.2) is 60.4 Å². The Bertz CT molecular complexity index is 1340. The number of amides is 1. The number of halogens is 4. The van der Waals surface area contributed by atoms with E-state index in [0.29, 0.717) is 56.3 Å². The number of likely N-dealkylation sites (tertiary alicyclic amines) is 1. The normalized spacial score (nSPS) is 17.1. The monoisotopic (exact) mass is 630 g/mol. The number of carbonyl (C=O) groups is 4. The lowest BCUT2D eigenvalue weighted by atomic mass is 10.1. The second-order valence-electron chi connectivity index (χ2n) is 9.52. The van der Waals surface area contributed by atoms with Crippen LogP contribution in [0.5, 0.6) is 0 Å². The number of anilines is 1. The first-order valence-electron chi connectivity index (χ1n) is 12.5. The summed E-state index contributed by atoms with van der Waals surface area (Å²) in [5, 5.41) is 1.34. The lowest BCUT2D eigenvalue weighted by Crippen LogP contribution is -2.53. The van der Waals surface area contributed by atoms with Gasteiger partial charge in [0, 0.05) is 38.5 Å². The van der Waals surface area contributed by atoms with Gasteiger partial charge in [0.15, 0.2) is 0 Å². The number of hydrogen-bond donors (Lipinski definition) is 0. The zero-order valence-corrected chi connectivity index (χ0v) is 24.7. The summed E-state index contributed by atoms with van der Waals surface area (Å²) in [6.07, 6.45) is 1.07. The molecule has 2 aliphatic heterocycles. The summed E-state index contributed by atoms with van der Waals surface area (Å²) in [5.41, 5.74) is 1.74. The first-order chi connectivity index (χ1) is 18.9. The maximum absolute atomic E-state index is 13.1. The molecule has 1 spiro atoms. The van der Waals surface area contributed by atoms with Crippen LogP contribution in [0.1, 0.15) is 37.3 Å². The van der Waals surface area contributed by atoms with Crippen LogP contribution < -0.4 is 4.90 Å². The summed E-state index contributed by atoms with van der Waals surface area (Å²) in [6, 6.07) is 7.55. The van der Waals surface area contributed by atoms with Crippen molar-refractivity contribution in [2.24, 2.45) is 0 Å². The SMILES string of the molecule is CC(=O)N(c1ccc(Cl)c(Cl)c1C)[C@@H](CCOC(=O)Cc1ccc(Cl)c(Cl)c1)CN1CCCC12OC(=O)C(=O)O2. The summed E-state index contributed by atoms with van der Waals surface area (Å²) in [4.78, 5) is 52.7. The zero-order chi connectivity index (χ0) is 29.2. The highest BCUT2D eigenvalue weighted by molar-refractivity contribution is 6.43. The predicted molar refractivity (Wildman–Crippen MR) is 150 cm³/mol. The number of esters is 3. The van der Waals surface area contributed by atoms with E-state index < -0.39 is 29.9 Å². The second kappa shape index (κ2) is 12.5. The minimum atomic E-state index is -1.54. The van der Waals surface area contributed by atoms with Gasteiger partial charge in [0.25, 0.3) is 0 Å². The topological polar surface area (TPSA) is 102 Å². The van der Waals surface area contributed by atoms with Gasteiger partial charge in [-0.2, -0.15) is 0 Å². The van der Waals surface area contributed by atoms with Crippen LogP contribution in [0, 0.1) is 6.92 Å². The predicted octanol–water partition coefficient (Wildman–Crippen LogP) is 5.36. The standard InChI is InChI=1S/C27H26Cl4N2O7/c1-15-22(7-6-20(29)24(15)31)33(16(2)34)18(14-32-10-3-9-27(32)39-25(36)26(37)40-27)8-11-38-23(35)13-17-4-5-19(28)21(30)12-17/h4-7,12,18H,3,8-11,13-14H2,1-2H3/t18-/m0/s1. The summed E-state index contributed by atoms with van der Waals surface area (Å²) >= 11 is 24.6.